The van der Waals surface area contributed by atoms with Gasteiger partial charge in [0.15, 0.2) is 0 Å². The van der Waals surface area contributed by atoms with Gasteiger partial charge in [-0.2, -0.15) is 0 Å². The highest BCUT2D eigenvalue weighted by Crippen LogP contribution is 2.50. The summed E-state index contributed by atoms with van der Waals surface area (Å²) in [6.45, 7) is 3.84. The number of fused-ring (bicyclic) bond motifs is 4. The van der Waals surface area contributed by atoms with Crippen molar-refractivity contribution in [3.05, 3.63) is 87.9 Å². The molecular weight excluding hydrogens is 473 g/mol. The fourth-order valence-electron chi connectivity index (χ4n) is 4.78. The van der Waals surface area contributed by atoms with Gasteiger partial charge in [-0.1, -0.05) is 42.3 Å². The Bertz CT molecular complexity index is 1260. The first-order valence-electron chi connectivity index (χ1n) is 11.0. The van der Waals surface area contributed by atoms with E-state index in [1.165, 1.54) is 4.90 Å². The third-order valence-electron chi connectivity index (χ3n) is 6.46. The number of nitrogens with one attached hydrogen (secondary N) is 2. The van der Waals surface area contributed by atoms with Crippen LogP contribution in [0.25, 0.3) is 0 Å². The molecule has 6 nitrogen and oxygen atoms in total. The molecule has 2 bridgehead atoms. The Labute approximate surface area is 207 Å². The SMILES string of the molecule is CCc1ccc(N2C(=O)N[C@H]3c4cc(Cl)ccc4O[C@@]2(C)[C@H]3C(=O)Nc2ccc(Cl)cc2)cc1. The average molecular weight is 496 g/mol. The number of benzene rings is 3. The third kappa shape index (κ3) is 3.77. The smallest absolute Gasteiger partial charge is 0.325 e. The second-order valence-corrected chi connectivity index (χ2v) is 9.47. The van der Waals surface area contributed by atoms with E-state index in [9.17, 15) is 9.59 Å². The summed E-state index contributed by atoms with van der Waals surface area (Å²) in [4.78, 5) is 28.6. The fraction of sp³-hybridized carbons (Fsp3) is 0.231. The molecule has 1 saturated heterocycles. The molecule has 2 aliphatic heterocycles. The first kappa shape index (κ1) is 22.6. The van der Waals surface area contributed by atoms with Gasteiger partial charge in [0.05, 0.1) is 6.04 Å². The van der Waals surface area contributed by atoms with Gasteiger partial charge in [-0.3, -0.25) is 9.69 Å². The molecule has 8 heteroatoms. The van der Waals surface area contributed by atoms with Crippen molar-refractivity contribution in [1.29, 1.82) is 0 Å². The highest BCUT2D eigenvalue weighted by Gasteiger charge is 2.60. The summed E-state index contributed by atoms with van der Waals surface area (Å²) in [5.41, 5.74) is 1.75. The molecule has 5 rings (SSSR count). The largest absolute Gasteiger partial charge is 0.466 e. The molecule has 2 aliphatic rings. The minimum Gasteiger partial charge on any atom is -0.466 e. The Morgan fingerprint density at radius 3 is 2.41 bits per heavy atom. The molecule has 2 N–H and O–H groups in total. The molecule has 0 saturated carbocycles. The third-order valence-corrected chi connectivity index (χ3v) is 6.94. The first-order chi connectivity index (χ1) is 16.3. The van der Waals surface area contributed by atoms with Gasteiger partial charge < -0.3 is 15.4 Å². The standard InChI is InChI=1S/C26H23Cl2N3O3/c1-3-15-4-11-19(12-5-15)31-25(33)30-23-20-14-17(28)8-13-21(20)34-26(31,2)22(23)24(32)29-18-9-6-16(27)7-10-18/h4-14,22-23H,3H2,1-2H3,(H,29,32)(H,30,33)/t22-,23+,26+/m1/s1. The second-order valence-electron chi connectivity index (χ2n) is 8.60. The zero-order chi connectivity index (χ0) is 24.0. The van der Waals surface area contributed by atoms with Crippen LogP contribution in [0.2, 0.25) is 10.0 Å². The van der Waals surface area contributed by atoms with Gasteiger partial charge in [-0.15, -0.1) is 0 Å². The van der Waals surface area contributed by atoms with Crippen LogP contribution >= 0.6 is 23.2 Å². The maximum atomic E-state index is 13.7. The Morgan fingerprint density at radius 2 is 1.74 bits per heavy atom. The number of halogens is 2. The number of hydrogen-bond donors (Lipinski definition) is 2. The Hall–Kier alpha value is -3.22. The van der Waals surface area contributed by atoms with Crippen LogP contribution in [-0.2, 0) is 11.2 Å². The lowest BCUT2D eigenvalue weighted by Crippen LogP contribution is -2.72. The number of nitrogens with zero attached hydrogens (tertiary/aromatic N) is 1. The van der Waals surface area contributed by atoms with Crippen LogP contribution in [-0.4, -0.2) is 17.7 Å². The van der Waals surface area contributed by atoms with E-state index in [-0.39, 0.29) is 11.9 Å². The predicted molar refractivity (Wildman–Crippen MR) is 134 cm³/mol. The van der Waals surface area contributed by atoms with Crippen molar-refractivity contribution < 1.29 is 14.3 Å². The zero-order valence-electron chi connectivity index (χ0n) is 18.6. The molecule has 0 aliphatic carbocycles. The van der Waals surface area contributed by atoms with Crippen LogP contribution in [0.15, 0.2) is 66.7 Å². The van der Waals surface area contributed by atoms with E-state index in [1.807, 2.05) is 24.3 Å². The van der Waals surface area contributed by atoms with Gasteiger partial charge in [0.2, 0.25) is 11.6 Å². The van der Waals surface area contributed by atoms with Crippen molar-refractivity contribution in [2.24, 2.45) is 5.92 Å². The van der Waals surface area contributed by atoms with E-state index in [2.05, 4.69) is 17.6 Å². The van der Waals surface area contributed by atoms with Crippen LogP contribution in [0.3, 0.4) is 0 Å². The van der Waals surface area contributed by atoms with Gasteiger partial charge in [0, 0.05) is 27.0 Å². The van der Waals surface area contributed by atoms with Gasteiger partial charge in [0.1, 0.15) is 11.7 Å². The zero-order valence-corrected chi connectivity index (χ0v) is 20.2. The summed E-state index contributed by atoms with van der Waals surface area (Å²) >= 11 is 12.3. The summed E-state index contributed by atoms with van der Waals surface area (Å²) in [5.74, 6) is -0.504. The van der Waals surface area contributed by atoms with Crippen LogP contribution < -0.4 is 20.3 Å². The topological polar surface area (TPSA) is 70.7 Å². The van der Waals surface area contributed by atoms with Crippen LogP contribution in [0, 0.1) is 5.92 Å². The monoisotopic (exact) mass is 495 g/mol. The van der Waals surface area contributed by atoms with E-state index in [1.54, 1.807) is 49.4 Å². The molecule has 0 unspecified atom stereocenters. The number of aryl methyl sites for hydroxylation is 1. The minimum absolute atomic E-state index is 0.296. The van der Waals surface area contributed by atoms with E-state index >= 15 is 0 Å². The second kappa shape index (κ2) is 8.53. The summed E-state index contributed by atoms with van der Waals surface area (Å²) in [7, 11) is 0. The first-order valence-corrected chi connectivity index (χ1v) is 11.8. The number of anilines is 2. The molecule has 174 valence electrons. The van der Waals surface area contributed by atoms with E-state index in [0.717, 1.165) is 12.0 Å². The minimum atomic E-state index is -1.29. The summed E-state index contributed by atoms with van der Waals surface area (Å²) in [5, 5.41) is 7.05. The van der Waals surface area contributed by atoms with E-state index < -0.39 is 17.7 Å². The number of hydrogen-bond acceptors (Lipinski definition) is 3. The molecule has 0 spiro atoms. The maximum absolute atomic E-state index is 13.7. The number of urea groups is 1. The highest BCUT2D eigenvalue weighted by atomic mass is 35.5. The lowest BCUT2D eigenvalue weighted by Gasteiger charge is -2.54. The molecule has 3 aromatic carbocycles. The summed E-state index contributed by atoms with van der Waals surface area (Å²) in [6, 6.07) is 18.8. The molecule has 0 aromatic heterocycles. The van der Waals surface area contributed by atoms with Crippen LogP contribution in [0.5, 0.6) is 5.75 Å². The Morgan fingerprint density at radius 1 is 1.06 bits per heavy atom. The lowest BCUT2D eigenvalue weighted by molar-refractivity contribution is -0.131. The van der Waals surface area contributed by atoms with E-state index in [4.69, 9.17) is 27.9 Å². The number of carbonyl (C=O) groups is 2. The highest BCUT2D eigenvalue weighted by molar-refractivity contribution is 6.31. The Balaban J connectivity index is 1.60. The Kier molecular flexibility index (Phi) is 5.66. The predicted octanol–water partition coefficient (Wildman–Crippen LogP) is 6.19. The van der Waals surface area contributed by atoms with Gasteiger partial charge in [-0.05, 0) is 73.5 Å². The van der Waals surface area contributed by atoms with Crippen molar-refractivity contribution in [1.82, 2.24) is 5.32 Å². The van der Waals surface area contributed by atoms with Gasteiger partial charge in [-0.25, -0.2) is 4.79 Å². The van der Waals surface area contributed by atoms with E-state index in [0.29, 0.717) is 32.7 Å². The molecular formula is C26H23Cl2N3O3. The quantitative estimate of drug-likeness (QED) is 0.453. The van der Waals surface area contributed by atoms with Crippen LogP contribution in [0.4, 0.5) is 16.2 Å². The average Bonchev–Trinajstić information content (AvgIpc) is 2.81. The molecule has 3 atom stereocenters. The molecule has 1 fully saturated rings. The van der Waals surface area contributed by atoms with Crippen molar-refractivity contribution in [3.8, 4) is 5.75 Å². The van der Waals surface area contributed by atoms with Gasteiger partial charge >= 0.3 is 6.03 Å². The number of carbonyl (C=O) groups excluding carboxylic acids is 2. The molecule has 0 radical (unpaired) electrons. The van der Waals surface area contributed by atoms with Crippen molar-refractivity contribution in [3.63, 3.8) is 0 Å². The van der Waals surface area contributed by atoms with Crippen molar-refractivity contribution >= 4 is 46.5 Å². The summed E-state index contributed by atoms with van der Waals surface area (Å²) in [6.07, 6.45) is 0.878. The number of ether oxygens (including phenoxy) is 1. The lowest BCUT2D eigenvalue weighted by atomic mass is 9.78. The van der Waals surface area contributed by atoms with Crippen molar-refractivity contribution in [2.75, 3.05) is 10.2 Å². The number of rotatable bonds is 4. The summed E-state index contributed by atoms with van der Waals surface area (Å²) < 4.78 is 6.45. The molecule has 34 heavy (non-hydrogen) atoms. The van der Waals surface area contributed by atoms with Crippen molar-refractivity contribution in [2.45, 2.75) is 32.0 Å². The molecule has 3 amide bonds. The molecule has 2 heterocycles. The normalized spacial score (nSPS) is 22.9. The molecule has 3 aromatic rings. The fourth-order valence-corrected chi connectivity index (χ4v) is 5.08. The maximum Gasteiger partial charge on any atom is 0.325 e. The van der Waals surface area contributed by atoms with Gasteiger partial charge in [0.25, 0.3) is 0 Å². The van der Waals surface area contributed by atoms with Crippen LogP contribution in [0.1, 0.15) is 31.0 Å². The number of amides is 3.